The first-order valence-corrected chi connectivity index (χ1v) is 9.04. The van der Waals surface area contributed by atoms with Gasteiger partial charge < -0.3 is 21.1 Å². The van der Waals surface area contributed by atoms with Gasteiger partial charge in [0, 0.05) is 12.4 Å². The molecule has 2 atom stereocenters. The zero-order valence-electron chi connectivity index (χ0n) is 15.9. The number of aromatic nitrogens is 2. The monoisotopic (exact) mass is 384 g/mol. The average Bonchev–Trinajstić information content (AvgIpc) is 2.67. The fourth-order valence-electron chi connectivity index (χ4n) is 3.04. The van der Waals surface area contributed by atoms with Gasteiger partial charge in [-0.3, -0.25) is 14.6 Å². The van der Waals surface area contributed by atoms with E-state index < -0.39 is 30.3 Å². The van der Waals surface area contributed by atoms with Gasteiger partial charge in [-0.05, 0) is 24.3 Å². The summed E-state index contributed by atoms with van der Waals surface area (Å²) in [5.41, 5.74) is 5.05. The molecule has 0 saturated carbocycles. The second-order valence-corrected chi connectivity index (χ2v) is 7.18. The normalized spacial score (nSPS) is 14.2. The quantitative estimate of drug-likeness (QED) is 0.451. The van der Waals surface area contributed by atoms with E-state index in [1.54, 1.807) is 0 Å². The summed E-state index contributed by atoms with van der Waals surface area (Å²) in [6.45, 7) is 3.64. The molecule has 8 nitrogen and oxygen atoms in total. The van der Waals surface area contributed by atoms with E-state index >= 15 is 0 Å². The fourth-order valence-corrected chi connectivity index (χ4v) is 3.04. The van der Waals surface area contributed by atoms with Crippen molar-refractivity contribution >= 4 is 18.8 Å². The van der Waals surface area contributed by atoms with Crippen molar-refractivity contribution in [3.05, 3.63) is 60.2 Å². The molecule has 28 heavy (non-hydrogen) atoms. The van der Waals surface area contributed by atoms with Crippen LogP contribution in [0.3, 0.4) is 0 Å². The van der Waals surface area contributed by atoms with Gasteiger partial charge in [-0.2, -0.15) is 0 Å². The van der Waals surface area contributed by atoms with Crippen LogP contribution in [0.4, 0.5) is 0 Å². The van der Waals surface area contributed by atoms with Crippen LogP contribution in [0, 0.1) is 5.92 Å². The highest BCUT2D eigenvalue weighted by molar-refractivity contribution is 6.52. The molecular weight excluding hydrogens is 359 g/mol. The first-order valence-electron chi connectivity index (χ1n) is 9.04. The Kier molecular flexibility index (Phi) is 7.39. The topological polar surface area (TPSA) is 138 Å². The molecule has 9 heteroatoms. The molecule has 148 valence electrons. The number of nitrogens with two attached hydrogens (primary N) is 1. The Bertz CT molecular complexity index is 789. The van der Waals surface area contributed by atoms with Crippen LogP contribution in [0.15, 0.2) is 48.9 Å². The Balaban J connectivity index is 2.33. The highest BCUT2D eigenvalue weighted by Gasteiger charge is 2.48. The number of ketones is 1. The number of carbonyl (C=O) groups excluding carboxylic acids is 2. The van der Waals surface area contributed by atoms with Gasteiger partial charge in [0.1, 0.15) is 11.1 Å². The van der Waals surface area contributed by atoms with Crippen LogP contribution in [0.5, 0.6) is 0 Å². The van der Waals surface area contributed by atoms with Gasteiger partial charge in [-0.1, -0.05) is 44.2 Å². The van der Waals surface area contributed by atoms with Crippen LogP contribution in [0.2, 0.25) is 0 Å². The first-order chi connectivity index (χ1) is 13.2. The Hall–Kier alpha value is -2.62. The minimum Gasteiger partial charge on any atom is -0.426 e. The molecule has 0 aliphatic carbocycles. The lowest BCUT2D eigenvalue weighted by Gasteiger charge is -2.32. The number of hydrogen-bond donors (Lipinski definition) is 4. The van der Waals surface area contributed by atoms with E-state index in [1.165, 1.54) is 18.6 Å². The van der Waals surface area contributed by atoms with Gasteiger partial charge in [0.15, 0.2) is 5.78 Å². The molecule has 2 rings (SSSR count). The third-order valence-corrected chi connectivity index (χ3v) is 4.37. The Morgan fingerprint density at radius 1 is 1.21 bits per heavy atom. The van der Waals surface area contributed by atoms with Crippen LogP contribution in [-0.2, 0) is 11.2 Å². The standard InChI is InChI=1S/C19H25BN4O4/c1-13(2)11-19(21,20(27)28)17(25)15(10-14-6-4-3-5-7-14)24-18(26)16-12-22-8-9-23-16/h3-9,12-13,15,27-28H,10-11,21H2,1-2H3,(H,24,26). The third kappa shape index (κ3) is 5.45. The summed E-state index contributed by atoms with van der Waals surface area (Å²) in [5, 5.41) is 22.3. The summed E-state index contributed by atoms with van der Waals surface area (Å²) in [4.78, 5) is 33.5. The van der Waals surface area contributed by atoms with E-state index in [2.05, 4.69) is 15.3 Å². The molecule has 0 bridgehead atoms. The summed E-state index contributed by atoms with van der Waals surface area (Å²) >= 11 is 0. The van der Waals surface area contributed by atoms with Gasteiger partial charge in [-0.15, -0.1) is 0 Å². The maximum Gasteiger partial charge on any atom is 0.480 e. The van der Waals surface area contributed by atoms with Gasteiger partial charge in [0.25, 0.3) is 5.91 Å². The zero-order chi connectivity index (χ0) is 20.7. The number of rotatable bonds is 9. The van der Waals surface area contributed by atoms with Crippen LogP contribution in [0.1, 0.15) is 36.3 Å². The van der Waals surface area contributed by atoms with Crippen molar-refractivity contribution < 1.29 is 19.6 Å². The Labute approximate surface area is 164 Å². The van der Waals surface area contributed by atoms with Crippen LogP contribution in [0.25, 0.3) is 0 Å². The molecule has 0 radical (unpaired) electrons. The molecule has 0 aliphatic heterocycles. The summed E-state index contributed by atoms with van der Waals surface area (Å²) in [6.07, 6.45) is 4.28. The zero-order valence-corrected chi connectivity index (χ0v) is 15.9. The molecule has 2 aromatic rings. The minimum atomic E-state index is -2.06. The molecule has 1 aromatic carbocycles. The molecule has 1 amide bonds. The number of hydrogen-bond acceptors (Lipinski definition) is 7. The van der Waals surface area contributed by atoms with E-state index in [9.17, 15) is 19.6 Å². The molecule has 1 heterocycles. The van der Waals surface area contributed by atoms with E-state index in [0.717, 1.165) is 5.56 Å². The largest absolute Gasteiger partial charge is 0.480 e. The van der Waals surface area contributed by atoms with E-state index in [0.29, 0.717) is 0 Å². The lowest BCUT2D eigenvalue weighted by molar-refractivity contribution is -0.124. The second-order valence-electron chi connectivity index (χ2n) is 7.18. The van der Waals surface area contributed by atoms with Gasteiger partial charge in [0.2, 0.25) is 0 Å². The SMILES string of the molecule is CC(C)CC(N)(B(O)O)C(=O)C(Cc1ccccc1)NC(=O)c1cnccn1. The van der Waals surface area contributed by atoms with Crippen molar-refractivity contribution in [1.29, 1.82) is 0 Å². The Morgan fingerprint density at radius 2 is 1.89 bits per heavy atom. The predicted molar refractivity (Wildman–Crippen MR) is 105 cm³/mol. The lowest BCUT2D eigenvalue weighted by Crippen LogP contribution is -2.66. The number of nitrogens with zero attached hydrogens (tertiary/aromatic N) is 2. The van der Waals surface area contributed by atoms with Crippen molar-refractivity contribution in [1.82, 2.24) is 15.3 Å². The van der Waals surface area contributed by atoms with Gasteiger partial charge in [0.05, 0.1) is 12.2 Å². The highest BCUT2D eigenvalue weighted by Crippen LogP contribution is 2.20. The predicted octanol–water partition coefficient (Wildman–Crippen LogP) is 0.142. The summed E-state index contributed by atoms with van der Waals surface area (Å²) < 4.78 is 0. The molecule has 1 aromatic heterocycles. The third-order valence-electron chi connectivity index (χ3n) is 4.37. The summed E-state index contributed by atoms with van der Waals surface area (Å²) in [7, 11) is -2.06. The van der Waals surface area contributed by atoms with Crippen molar-refractivity contribution in [2.75, 3.05) is 0 Å². The van der Waals surface area contributed by atoms with Crippen molar-refractivity contribution in [3.63, 3.8) is 0 Å². The van der Waals surface area contributed by atoms with E-state index in [-0.39, 0.29) is 24.5 Å². The molecule has 0 fully saturated rings. The maximum atomic E-state index is 13.2. The first kappa shape index (κ1) is 21.7. The number of nitrogens with one attached hydrogen (secondary N) is 1. The molecule has 0 saturated heterocycles. The molecular formula is C19H25BN4O4. The molecule has 0 spiro atoms. The smallest absolute Gasteiger partial charge is 0.426 e. The number of Topliss-reactive ketones (excluding diaryl/α,β-unsaturated/α-hetero) is 1. The van der Waals surface area contributed by atoms with Gasteiger partial charge >= 0.3 is 7.12 Å². The van der Waals surface area contributed by atoms with Gasteiger partial charge in [-0.25, -0.2) is 4.98 Å². The van der Waals surface area contributed by atoms with E-state index in [1.807, 2.05) is 44.2 Å². The Morgan fingerprint density at radius 3 is 2.43 bits per heavy atom. The van der Waals surface area contributed by atoms with Crippen molar-refractivity contribution in [3.8, 4) is 0 Å². The van der Waals surface area contributed by atoms with Crippen LogP contribution in [-0.4, -0.2) is 50.3 Å². The second kappa shape index (κ2) is 9.54. The lowest BCUT2D eigenvalue weighted by atomic mass is 9.58. The highest BCUT2D eigenvalue weighted by atomic mass is 16.4. The molecule has 2 unspecified atom stereocenters. The van der Waals surface area contributed by atoms with Crippen molar-refractivity contribution in [2.45, 2.75) is 38.2 Å². The average molecular weight is 384 g/mol. The maximum absolute atomic E-state index is 13.2. The van der Waals surface area contributed by atoms with Crippen LogP contribution >= 0.6 is 0 Å². The minimum absolute atomic E-state index is 0.0457. The summed E-state index contributed by atoms with van der Waals surface area (Å²) in [6, 6.07) is 8.01. The number of benzene rings is 1. The van der Waals surface area contributed by atoms with E-state index in [4.69, 9.17) is 5.73 Å². The van der Waals surface area contributed by atoms with Crippen LogP contribution < -0.4 is 11.1 Å². The number of carbonyl (C=O) groups is 2. The summed E-state index contributed by atoms with van der Waals surface area (Å²) in [5.74, 6) is -1.32. The fraction of sp³-hybridized carbons (Fsp3) is 0.368. The van der Waals surface area contributed by atoms with Crippen molar-refractivity contribution in [2.24, 2.45) is 11.7 Å². The molecule has 5 N–H and O–H groups in total. The molecule has 0 aliphatic rings. The number of amides is 1.